The molecule has 3 aromatic rings. The van der Waals surface area contributed by atoms with Gasteiger partial charge >= 0.3 is 0 Å². The predicted octanol–water partition coefficient (Wildman–Crippen LogP) is 3.60. The summed E-state index contributed by atoms with van der Waals surface area (Å²) in [6.45, 7) is 6.52. The summed E-state index contributed by atoms with van der Waals surface area (Å²) in [6, 6.07) is 3.82. The fraction of sp³-hybridized carbons (Fsp3) is 0.478. The highest BCUT2D eigenvalue weighted by Crippen LogP contribution is 2.30. The molecule has 158 valence electrons. The van der Waals surface area contributed by atoms with Crippen LogP contribution in [0.15, 0.2) is 36.9 Å². The zero-order valence-electron chi connectivity index (χ0n) is 17.8. The van der Waals surface area contributed by atoms with Crippen LogP contribution in [-0.2, 0) is 18.3 Å². The first kappa shape index (κ1) is 20.6. The van der Waals surface area contributed by atoms with E-state index in [0.717, 1.165) is 28.6 Å². The number of piperidine rings is 1. The number of aromatic nitrogens is 4. The Kier molecular flexibility index (Phi) is 5.64. The summed E-state index contributed by atoms with van der Waals surface area (Å²) in [5.74, 6) is 0.181. The number of carbonyl (C=O) groups is 1. The van der Waals surface area contributed by atoms with E-state index in [1.165, 1.54) is 0 Å². The summed E-state index contributed by atoms with van der Waals surface area (Å²) >= 11 is 0. The highest BCUT2D eigenvalue weighted by molar-refractivity contribution is 5.90. The fourth-order valence-corrected chi connectivity index (χ4v) is 4.10. The molecule has 0 N–H and O–H groups in total. The van der Waals surface area contributed by atoms with Crippen LogP contribution in [0.2, 0.25) is 0 Å². The highest BCUT2D eigenvalue weighted by atomic mass is 19.1. The van der Waals surface area contributed by atoms with Gasteiger partial charge in [0.1, 0.15) is 0 Å². The van der Waals surface area contributed by atoms with Crippen LogP contribution < -0.4 is 0 Å². The van der Waals surface area contributed by atoms with Gasteiger partial charge in [-0.15, -0.1) is 0 Å². The summed E-state index contributed by atoms with van der Waals surface area (Å²) in [6.07, 6.45) is 7.67. The van der Waals surface area contributed by atoms with Crippen molar-refractivity contribution in [3.8, 4) is 11.3 Å². The minimum atomic E-state index is -1.75. The van der Waals surface area contributed by atoms with Crippen molar-refractivity contribution in [3.63, 3.8) is 0 Å². The lowest BCUT2D eigenvalue weighted by atomic mass is 9.86. The number of carbonyl (C=O) groups excluding carboxylic acids is 1. The monoisotopic (exact) mass is 409 g/mol. The zero-order valence-corrected chi connectivity index (χ0v) is 17.8. The number of fused-ring (bicyclic) bond motifs is 1. The Bertz CT molecular complexity index is 1050. The molecule has 1 aliphatic rings. The molecule has 0 bridgehead atoms. The molecular weight excluding hydrogens is 381 g/mol. The minimum Gasteiger partial charge on any atom is -0.303 e. The van der Waals surface area contributed by atoms with E-state index in [1.807, 2.05) is 25.4 Å². The topological polar surface area (TPSA) is 63.9 Å². The number of hydrogen-bond donors (Lipinski definition) is 0. The van der Waals surface area contributed by atoms with Crippen LogP contribution >= 0.6 is 0 Å². The molecule has 30 heavy (non-hydrogen) atoms. The first-order chi connectivity index (χ1) is 14.3. The average molecular weight is 410 g/mol. The minimum absolute atomic E-state index is 0.0150. The van der Waals surface area contributed by atoms with E-state index in [4.69, 9.17) is 0 Å². The van der Waals surface area contributed by atoms with Gasteiger partial charge in [0.15, 0.2) is 11.5 Å². The van der Waals surface area contributed by atoms with E-state index in [1.54, 1.807) is 23.3 Å². The molecule has 1 fully saturated rings. The Hall–Kier alpha value is -2.67. The predicted molar refractivity (Wildman–Crippen MR) is 115 cm³/mol. The molecule has 4 heterocycles. The molecule has 1 saturated heterocycles. The van der Waals surface area contributed by atoms with Gasteiger partial charge in [-0.2, -0.15) is 5.10 Å². The smallest absolute Gasteiger partial charge is 0.175 e. The van der Waals surface area contributed by atoms with E-state index >= 15 is 4.39 Å². The number of aryl methyl sites for hydroxylation is 1. The lowest BCUT2D eigenvalue weighted by Crippen LogP contribution is -2.47. The Balaban J connectivity index is 1.48. The number of Topliss-reactive ketones (excluding diaryl/α,β-unsaturated/α-hetero) is 1. The Morgan fingerprint density at radius 2 is 1.87 bits per heavy atom. The normalized spacial score (nSPS) is 17.0. The lowest BCUT2D eigenvalue weighted by molar-refractivity contribution is -0.133. The van der Waals surface area contributed by atoms with Gasteiger partial charge in [0.25, 0.3) is 0 Å². The molecule has 4 rings (SSSR count). The largest absolute Gasteiger partial charge is 0.303 e. The van der Waals surface area contributed by atoms with Crippen molar-refractivity contribution in [2.45, 2.75) is 38.8 Å². The Morgan fingerprint density at radius 1 is 1.13 bits per heavy atom. The number of hydrogen-bond acceptors (Lipinski definition) is 5. The molecule has 3 aromatic heterocycles. The van der Waals surface area contributed by atoms with Crippen molar-refractivity contribution in [2.24, 2.45) is 13.0 Å². The zero-order chi connectivity index (χ0) is 21.3. The number of likely N-dealkylation sites (tertiary alicyclic amines) is 1. The van der Waals surface area contributed by atoms with Gasteiger partial charge in [-0.25, -0.2) is 4.39 Å². The summed E-state index contributed by atoms with van der Waals surface area (Å²) in [5, 5.41) is 6.00. The van der Waals surface area contributed by atoms with E-state index in [9.17, 15) is 4.79 Å². The standard InChI is InChI=1S/C23H28FN5O/c1-16(2)14-29-6-4-23(24,5-7-29)22(30)10-20-8-17-9-21(19-13-27-28(3)15-19)26-12-18(17)11-25-20/h8-9,11-13,15-16H,4-7,10,14H2,1-3H3. The van der Waals surface area contributed by atoms with Gasteiger partial charge in [0.05, 0.1) is 18.3 Å². The molecule has 1 aliphatic heterocycles. The van der Waals surface area contributed by atoms with Gasteiger partial charge in [0.2, 0.25) is 0 Å². The molecule has 0 atom stereocenters. The van der Waals surface area contributed by atoms with Crippen molar-refractivity contribution in [1.82, 2.24) is 24.6 Å². The van der Waals surface area contributed by atoms with Crippen LogP contribution in [0, 0.1) is 5.92 Å². The molecule has 0 aromatic carbocycles. The molecule has 0 amide bonds. The first-order valence-electron chi connectivity index (χ1n) is 10.5. The number of ketones is 1. The fourth-order valence-electron chi connectivity index (χ4n) is 4.10. The van der Waals surface area contributed by atoms with Crippen molar-refractivity contribution in [1.29, 1.82) is 0 Å². The van der Waals surface area contributed by atoms with Crippen molar-refractivity contribution < 1.29 is 9.18 Å². The maximum Gasteiger partial charge on any atom is 0.175 e. The molecular formula is C23H28FN5O. The molecule has 0 aliphatic carbocycles. The summed E-state index contributed by atoms with van der Waals surface area (Å²) in [5.41, 5.74) is 0.573. The van der Waals surface area contributed by atoms with Gasteiger partial charge in [0, 0.05) is 74.8 Å². The number of rotatable bonds is 6. The van der Waals surface area contributed by atoms with Crippen LogP contribution in [0.4, 0.5) is 4.39 Å². The highest BCUT2D eigenvalue weighted by Gasteiger charge is 2.41. The van der Waals surface area contributed by atoms with Gasteiger partial charge in [-0.05, 0) is 23.4 Å². The molecule has 0 spiro atoms. The summed E-state index contributed by atoms with van der Waals surface area (Å²) < 4.78 is 17.1. The van der Waals surface area contributed by atoms with E-state index in [-0.39, 0.29) is 25.0 Å². The quantitative estimate of drug-likeness (QED) is 0.622. The van der Waals surface area contributed by atoms with E-state index < -0.39 is 5.67 Å². The molecule has 0 saturated carbocycles. The van der Waals surface area contributed by atoms with Crippen molar-refractivity contribution in [3.05, 3.63) is 42.6 Å². The number of pyridine rings is 2. The average Bonchev–Trinajstić information content (AvgIpc) is 3.15. The number of halogens is 1. The van der Waals surface area contributed by atoms with E-state index in [0.29, 0.717) is 24.7 Å². The third kappa shape index (κ3) is 4.41. The Morgan fingerprint density at radius 3 is 2.53 bits per heavy atom. The maximum absolute atomic E-state index is 15.3. The lowest BCUT2D eigenvalue weighted by Gasteiger charge is -2.36. The van der Waals surface area contributed by atoms with Crippen LogP contribution in [-0.4, -0.2) is 55.7 Å². The van der Waals surface area contributed by atoms with Crippen LogP contribution in [0.25, 0.3) is 22.0 Å². The molecule has 0 radical (unpaired) electrons. The number of alkyl halides is 1. The summed E-state index contributed by atoms with van der Waals surface area (Å²) in [4.78, 5) is 23.9. The SMILES string of the molecule is CC(C)CN1CCC(F)(C(=O)Cc2cc3cc(-c4cnn(C)c4)ncc3cn2)CC1. The molecule has 6 nitrogen and oxygen atoms in total. The molecule has 0 unspecified atom stereocenters. The third-order valence-electron chi connectivity index (χ3n) is 5.77. The summed E-state index contributed by atoms with van der Waals surface area (Å²) in [7, 11) is 1.86. The van der Waals surface area contributed by atoms with Gasteiger partial charge in [-0.3, -0.25) is 19.4 Å². The van der Waals surface area contributed by atoms with Crippen LogP contribution in [0.5, 0.6) is 0 Å². The second-order valence-corrected chi connectivity index (χ2v) is 8.75. The van der Waals surface area contributed by atoms with Crippen molar-refractivity contribution in [2.75, 3.05) is 19.6 Å². The molecule has 7 heteroatoms. The van der Waals surface area contributed by atoms with Crippen LogP contribution in [0.3, 0.4) is 0 Å². The third-order valence-corrected chi connectivity index (χ3v) is 5.77. The Labute approximate surface area is 176 Å². The van der Waals surface area contributed by atoms with E-state index in [2.05, 4.69) is 33.8 Å². The van der Waals surface area contributed by atoms with Gasteiger partial charge < -0.3 is 4.90 Å². The second kappa shape index (κ2) is 8.22. The number of nitrogens with zero attached hydrogens (tertiary/aromatic N) is 5. The second-order valence-electron chi connectivity index (χ2n) is 8.75. The van der Waals surface area contributed by atoms with Gasteiger partial charge in [-0.1, -0.05) is 13.8 Å². The van der Waals surface area contributed by atoms with Crippen LogP contribution in [0.1, 0.15) is 32.4 Å². The maximum atomic E-state index is 15.3. The first-order valence-corrected chi connectivity index (χ1v) is 10.5. The van der Waals surface area contributed by atoms with Crippen molar-refractivity contribution >= 4 is 16.6 Å².